The van der Waals surface area contributed by atoms with E-state index in [9.17, 15) is 5.11 Å². The van der Waals surface area contributed by atoms with Gasteiger partial charge >= 0.3 is 0 Å². The van der Waals surface area contributed by atoms with Gasteiger partial charge < -0.3 is 14.3 Å². The van der Waals surface area contributed by atoms with Crippen LogP contribution in [0.2, 0.25) is 0 Å². The highest BCUT2D eigenvalue weighted by Crippen LogP contribution is 2.60. The van der Waals surface area contributed by atoms with Gasteiger partial charge in [-0.2, -0.15) is 0 Å². The third-order valence-corrected chi connectivity index (χ3v) is 6.89. The van der Waals surface area contributed by atoms with Gasteiger partial charge in [0.2, 0.25) is 0 Å². The van der Waals surface area contributed by atoms with Crippen LogP contribution in [-0.2, 0) is 11.3 Å². The molecule has 0 heterocycles. The van der Waals surface area contributed by atoms with Gasteiger partial charge in [0.15, 0.2) is 0 Å². The van der Waals surface area contributed by atoms with Crippen molar-refractivity contribution in [1.82, 2.24) is 0 Å². The molecule has 0 aromatic heterocycles. The summed E-state index contributed by atoms with van der Waals surface area (Å²) >= 11 is 0. The first kappa shape index (κ1) is 18.9. The van der Waals surface area contributed by atoms with Gasteiger partial charge in [-0.05, 0) is 36.0 Å². The zero-order valence-electron chi connectivity index (χ0n) is 16.6. The highest BCUT2D eigenvalue weighted by atomic mass is 16.5. The lowest BCUT2D eigenvalue weighted by Crippen LogP contribution is -2.46. The second-order valence-electron chi connectivity index (χ2n) is 9.68. The van der Waals surface area contributed by atoms with E-state index in [2.05, 4.69) is 59.1 Å². The summed E-state index contributed by atoms with van der Waals surface area (Å²) in [6.07, 6.45) is 2.56. The molecule has 140 valence electrons. The van der Waals surface area contributed by atoms with Crippen molar-refractivity contribution in [3.63, 3.8) is 0 Å². The quantitative estimate of drug-likeness (QED) is 0.763. The van der Waals surface area contributed by atoms with Crippen LogP contribution in [0, 0.1) is 23.2 Å². The highest BCUT2D eigenvalue weighted by Gasteiger charge is 2.57. The van der Waals surface area contributed by atoms with Crippen LogP contribution in [0.3, 0.4) is 0 Å². The molecule has 3 heteroatoms. The highest BCUT2D eigenvalue weighted by molar-refractivity contribution is 5.13. The predicted octanol–water partition coefficient (Wildman–Crippen LogP) is 3.71. The van der Waals surface area contributed by atoms with E-state index < -0.39 is 6.10 Å². The van der Waals surface area contributed by atoms with Crippen molar-refractivity contribution in [2.75, 3.05) is 27.2 Å². The molecule has 0 aliphatic heterocycles. The molecular weight excluding hydrogens is 310 g/mol. The summed E-state index contributed by atoms with van der Waals surface area (Å²) in [5.41, 5.74) is 1.71. The lowest BCUT2D eigenvalue weighted by atomic mass is 9.80. The monoisotopic (exact) mass is 346 g/mol. The Bertz CT molecular complexity index is 569. The fourth-order valence-corrected chi connectivity index (χ4v) is 5.76. The largest absolute Gasteiger partial charge is 0.385 e. The third kappa shape index (κ3) is 3.94. The standard InChI is InChI=1S/C22H36NO2/c1-16-19-11-12-20(22(19,2)3)21(16)25-15-18(24)14-23(4,5)13-17-9-7-6-8-10-17/h6-10,16,18-21,24H,11-15H2,1-5H3/q+1. The van der Waals surface area contributed by atoms with Crippen LogP contribution in [0.1, 0.15) is 39.2 Å². The molecule has 5 atom stereocenters. The van der Waals surface area contributed by atoms with E-state index in [1.165, 1.54) is 18.4 Å². The van der Waals surface area contributed by atoms with Gasteiger partial charge in [0.05, 0.1) is 26.8 Å². The summed E-state index contributed by atoms with van der Waals surface area (Å²) in [5, 5.41) is 10.6. The molecule has 3 nitrogen and oxygen atoms in total. The van der Waals surface area contributed by atoms with Gasteiger partial charge in [-0.1, -0.05) is 51.1 Å². The van der Waals surface area contributed by atoms with Crippen molar-refractivity contribution in [1.29, 1.82) is 0 Å². The van der Waals surface area contributed by atoms with E-state index in [0.717, 1.165) is 16.9 Å². The van der Waals surface area contributed by atoms with Crippen molar-refractivity contribution in [2.45, 2.75) is 52.4 Å². The van der Waals surface area contributed by atoms with Crippen LogP contribution in [0.25, 0.3) is 0 Å². The molecule has 5 unspecified atom stereocenters. The normalized spacial score (nSPS) is 32.1. The van der Waals surface area contributed by atoms with Gasteiger partial charge in [0.1, 0.15) is 19.2 Å². The second-order valence-corrected chi connectivity index (χ2v) is 9.68. The molecule has 2 saturated carbocycles. The molecule has 2 aliphatic carbocycles. The Morgan fingerprint density at radius 3 is 2.40 bits per heavy atom. The fraction of sp³-hybridized carbons (Fsp3) is 0.727. The summed E-state index contributed by atoms with van der Waals surface area (Å²) in [6.45, 7) is 9.27. The number of hydrogen-bond donors (Lipinski definition) is 1. The summed E-state index contributed by atoms with van der Waals surface area (Å²) in [5.74, 6) is 2.06. The van der Waals surface area contributed by atoms with E-state index in [1.54, 1.807) is 0 Å². The Balaban J connectivity index is 1.50. The van der Waals surface area contributed by atoms with Crippen molar-refractivity contribution in [3.8, 4) is 0 Å². The van der Waals surface area contributed by atoms with E-state index in [4.69, 9.17) is 4.74 Å². The number of nitrogens with zero attached hydrogens (tertiary/aromatic N) is 1. The van der Waals surface area contributed by atoms with Crippen LogP contribution in [-0.4, -0.2) is 49.0 Å². The molecule has 2 bridgehead atoms. The topological polar surface area (TPSA) is 29.5 Å². The third-order valence-electron chi connectivity index (χ3n) is 6.89. The Kier molecular flexibility index (Phi) is 5.30. The molecule has 3 rings (SSSR count). The molecule has 1 aromatic carbocycles. The van der Waals surface area contributed by atoms with E-state index in [-0.39, 0.29) is 0 Å². The van der Waals surface area contributed by atoms with Gasteiger partial charge in [0.25, 0.3) is 0 Å². The summed E-state index contributed by atoms with van der Waals surface area (Å²) in [7, 11) is 4.36. The van der Waals surface area contributed by atoms with Gasteiger partial charge in [-0.15, -0.1) is 0 Å². The Labute approximate surface area is 153 Å². The lowest BCUT2D eigenvalue weighted by Gasteiger charge is -2.33. The van der Waals surface area contributed by atoms with Crippen molar-refractivity contribution < 1.29 is 14.3 Å². The average molecular weight is 347 g/mol. The van der Waals surface area contributed by atoms with E-state index >= 15 is 0 Å². The number of aliphatic hydroxyl groups excluding tert-OH is 1. The maximum atomic E-state index is 10.6. The molecule has 0 amide bonds. The van der Waals surface area contributed by atoms with Crippen molar-refractivity contribution in [2.24, 2.45) is 23.2 Å². The fourth-order valence-electron chi connectivity index (χ4n) is 5.76. The van der Waals surface area contributed by atoms with Crippen LogP contribution < -0.4 is 0 Å². The smallest absolute Gasteiger partial charge is 0.126 e. The summed E-state index contributed by atoms with van der Waals surface area (Å²) in [6, 6.07) is 10.5. The van der Waals surface area contributed by atoms with Gasteiger partial charge in [-0.3, -0.25) is 0 Å². The number of aliphatic hydroxyl groups is 1. The number of ether oxygens (including phenoxy) is 1. The van der Waals surface area contributed by atoms with Gasteiger partial charge in [-0.25, -0.2) is 0 Å². The first-order valence-electron chi connectivity index (χ1n) is 9.86. The Morgan fingerprint density at radius 2 is 1.80 bits per heavy atom. The first-order valence-corrected chi connectivity index (χ1v) is 9.86. The number of benzene rings is 1. The van der Waals surface area contributed by atoms with Crippen LogP contribution in [0.5, 0.6) is 0 Å². The Morgan fingerprint density at radius 1 is 1.16 bits per heavy atom. The van der Waals surface area contributed by atoms with E-state index in [1.807, 2.05) is 6.07 Å². The minimum atomic E-state index is -0.409. The number of quaternary nitrogens is 1. The number of fused-ring (bicyclic) bond motifs is 2. The first-order chi connectivity index (χ1) is 11.7. The van der Waals surface area contributed by atoms with E-state index in [0.29, 0.717) is 36.5 Å². The zero-order chi connectivity index (χ0) is 18.2. The minimum absolute atomic E-state index is 0.327. The lowest BCUT2D eigenvalue weighted by molar-refractivity contribution is -0.906. The summed E-state index contributed by atoms with van der Waals surface area (Å²) in [4.78, 5) is 0. The van der Waals surface area contributed by atoms with Crippen molar-refractivity contribution in [3.05, 3.63) is 35.9 Å². The van der Waals surface area contributed by atoms with Crippen molar-refractivity contribution >= 4 is 0 Å². The molecule has 0 radical (unpaired) electrons. The molecule has 1 N–H and O–H groups in total. The minimum Gasteiger partial charge on any atom is -0.385 e. The summed E-state index contributed by atoms with van der Waals surface area (Å²) < 4.78 is 7.05. The second kappa shape index (κ2) is 7.02. The van der Waals surface area contributed by atoms with Gasteiger partial charge in [0, 0.05) is 5.56 Å². The molecule has 2 fully saturated rings. The average Bonchev–Trinajstić information content (AvgIpc) is 2.91. The molecule has 25 heavy (non-hydrogen) atoms. The molecule has 0 spiro atoms. The number of hydrogen-bond acceptors (Lipinski definition) is 2. The SMILES string of the molecule is CC1C(OCC(O)C[N+](C)(C)Cc2ccccc2)C2CCC1C2(C)C. The number of likely N-dealkylation sites (N-methyl/N-ethyl adjacent to an activating group) is 1. The van der Waals surface area contributed by atoms with Crippen LogP contribution in [0.15, 0.2) is 30.3 Å². The predicted molar refractivity (Wildman–Crippen MR) is 102 cm³/mol. The Hall–Kier alpha value is -0.900. The number of rotatable bonds is 7. The molecule has 2 aliphatic rings. The molecule has 1 aromatic rings. The molecular formula is C22H36NO2+. The van der Waals surface area contributed by atoms with Crippen LogP contribution >= 0.6 is 0 Å². The van der Waals surface area contributed by atoms with Crippen LogP contribution in [0.4, 0.5) is 0 Å². The zero-order valence-corrected chi connectivity index (χ0v) is 16.6. The molecule has 0 saturated heterocycles. The maximum absolute atomic E-state index is 10.6. The maximum Gasteiger partial charge on any atom is 0.126 e.